The molecule has 0 fully saturated rings. The topological polar surface area (TPSA) is 81.5 Å². The Kier molecular flexibility index (Phi) is 6.51. The van der Waals surface area contributed by atoms with Crippen molar-refractivity contribution in [2.45, 2.75) is 29.8 Å². The highest BCUT2D eigenvalue weighted by Crippen LogP contribution is 2.32. The van der Waals surface area contributed by atoms with E-state index in [0.717, 1.165) is 0 Å². The van der Waals surface area contributed by atoms with Gasteiger partial charge in [-0.1, -0.05) is 41.7 Å². The van der Waals surface area contributed by atoms with Gasteiger partial charge in [0.1, 0.15) is 5.75 Å². The van der Waals surface area contributed by atoms with Crippen LogP contribution in [0, 0.1) is 10.1 Å². The first-order valence-corrected chi connectivity index (χ1v) is 7.14. The maximum absolute atomic E-state index is 11.6. The highest BCUT2D eigenvalue weighted by atomic mass is 35.6. The smallest absolute Gasteiger partial charge is 0.269 e. The molecule has 0 radical (unpaired) electrons. The summed E-state index contributed by atoms with van der Waals surface area (Å²) in [5.74, 6) is -0.0931. The summed E-state index contributed by atoms with van der Waals surface area (Å²) in [4.78, 5) is 21.6. The van der Waals surface area contributed by atoms with E-state index in [1.54, 1.807) is 0 Å². The maximum Gasteiger partial charge on any atom is 0.269 e. The second kappa shape index (κ2) is 7.68. The predicted octanol–water partition coefficient (Wildman–Crippen LogP) is 3.59. The zero-order chi connectivity index (χ0) is 16.0. The third-order valence-electron chi connectivity index (χ3n) is 2.37. The van der Waals surface area contributed by atoms with Gasteiger partial charge in [-0.25, -0.2) is 0 Å². The van der Waals surface area contributed by atoms with Gasteiger partial charge in [0.25, 0.3) is 5.69 Å². The van der Waals surface area contributed by atoms with Crippen molar-refractivity contribution in [1.29, 1.82) is 0 Å². The van der Waals surface area contributed by atoms with Crippen LogP contribution in [-0.2, 0) is 4.79 Å². The molecule has 1 amide bonds. The van der Waals surface area contributed by atoms with Crippen molar-refractivity contribution in [2.75, 3.05) is 0 Å². The summed E-state index contributed by atoms with van der Waals surface area (Å²) < 4.78 is 3.50. The van der Waals surface area contributed by atoms with E-state index in [9.17, 15) is 14.9 Å². The SMILES string of the molecule is CCCC(=O)N[C@H](Oc1ccc([N+](=O)[O-])cc1)C(Cl)(Cl)Cl. The molecule has 1 aromatic carbocycles. The summed E-state index contributed by atoms with van der Waals surface area (Å²) in [5.41, 5.74) is -0.0946. The van der Waals surface area contributed by atoms with Gasteiger partial charge < -0.3 is 10.1 Å². The molecule has 1 N–H and O–H groups in total. The van der Waals surface area contributed by atoms with E-state index in [4.69, 9.17) is 39.5 Å². The number of nitrogens with one attached hydrogen (secondary N) is 1. The molecule has 1 atom stereocenters. The van der Waals surface area contributed by atoms with Crippen molar-refractivity contribution < 1.29 is 14.5 Å². The Morgan fingerprint density at radius 3 is 2.38 bits per heavy atom. The van der Waals surface area contributed by atoms with Gasteiger partial charge in [0, 0.05) is 18.6 Å². The Morgan fingerprint density at radius 2 is 1.95 bits per heavy atom. The first kappa shape index (κ1) is 17.8. The van der Waals surface area contributed by atoms with Crippen LogP contribution in [0.15, 0.2) is 24.3 Å². The monoisotopic (exact) mass is 354 g/mol. The third kappa shape index (κ3) is 5.95. The molecule has 0 bridgehead atoms. The first-order valence-electron chi connectivity index (χ1n) is 6.01. The Labute approximate surface area is 136 Å². The summed E-state index contributed by atoms with van der Waals surface area (Å²) in [6.45, 7) is 1.83. The predicted molar refractivity (Wildman–Crippen MR) is 80.9 cm³/mol. The molecule has 9 heteroatoms. The molecule has 0 spiro atoms. The molecule has 0 heterocycles. The largest absolute Gasteiger partial charge is 0.466 e. The second-order valence-electron chi connectivity index (χ2n) is 4.11. The number of nitro benzene ring substituents is 1. The molecular weight excluding hydrogens is 343 g/mol. The highest BCUT2D eigenvalue weighted by Gasteiger charge is 2.36. The van der Waals surface area contributed by atoms with Crippen LogP contribution in [0.25, 0.3) is 0 Å². The van der Waals surface area contributed by atoms with E-state index in [1.165, 1.54) is 24.3 Å². The Morgan fingerprint density at radius 1 is 1.38 bits per heavy atom. The van der Waals surface area contributed by atoms with Crippen LogP contribution in [0.2, 0.25) is 0 Å². The standard InChI is InChI=1S/C12H13Cl3N2O4/c1-2-3-10(18)16-11(12(13,14)15)21-9-6-4-8(5-7-9)17(19)20/h4-7,11H,2-3H2,1H3,(H,16,18)/t11-/m1/s1. The average Bonchev–Trinajstić information content (AvgIpc) is 2.37. The number of non-ortho nitro benzene ring substituents is 1. The van der Waals surface area contributed by atoms with E-state index in [-0.39, 0.29) is 23.8 Å². The maximum atomic E-state index is 11.6. The minimum Gasteiger partial charge on any atom is -0.466 e. The fourth-order valence-corrected chi connectivity index (χ4v) is 1.70. The number of ether oxygens (including phenoxy) is 1. The molecule has 0 aliphatic heterocycles. The van der Waals surface area contributed by atoms with Gasteiger partial charge in [-0.15, -0.1) is 0 Å². The molecule has 116 valence electrons. The van der Waals surface area contributed by atoms with Crippen LogP contribution in [-0.4, -0.2) is 20.9 Å². The van der Waals surface area contributed by atoms with Gasteiger partial charge in [0.05, 0.1) is 4.92 Å². The number of nitrogens with zero attached hydrogens (tertiary/aromatic N) is 1. The number of rotatable bonds is 6. The molecule has 0 saturated carbocycles. The quantitative estimate of drug-likeness (QED) is 0.366. The second-order valence-corrected chi connectivity index (χ2v) is 6.48. The summed E-state index contributed by atoms with van der Waals surface area (Å²) in [6, 6.07) is 5.21. The number of carbonyl (C=O) groups excluding carboxylic acids is 1. The van der Waals surface area contributed by atoms with Gasteiger partial charge in [0.2, 0.25) is 15.9 Å². The minimum atomic E-state index is -1.88. The number of benzene rings is 1. The lowest BCUT2D eigenvalue weighted by Gasteiger charge is -2.26. The van der Waals surface area contributed by atoms with Gasteiger partial charge in [-0.3, -0.25) is 14.9 Å². The van der Waals surface area contributed by atoms with Crippen LogP contribution in [0.3, 0.4) is 0 Å². The summed E-state index contributed by atoms with van der Waals surface area (Å²) >= 11 is 17.3. The zero-order valence-electron chi connectivity index (χ0n) is 11.0. The average molecular weight is 356 g/mol. The molecular formula is C12H13Cl3N2O4. The molecule has 0 aromatic heterocycles. The Hall–Kier alpha value is -1.24. The molecule has 0 aliphatic carbocycles. The number of hydrogen-bond acceptors (Lipinski definition) is 4. The molecule has 0 unspecified atom stereocenters. The Bertz CT molecular complexity index is 502. The minimum absolute atomic E-state index is 0.0946. The molecule has 0 aliphatic rings. The van der Waals surface area contributed by atoms with E-state index in [1.807, 2.05) is 6.92 Å². The molecule has 1 aromatic rings. The van der Waals surface area contributed by atoms with Crippen LogP contribution >= 0.6 is 34.8 Å². The summed E-state index contributed by atoms with van der Waals surface area (Å²) in [6.07, 6.45) is -0.306. The first-order chi connectivity index (χ1) is 9.74. The van der Waals surface area contributed by atoms with Crippen LogP contribution in [0.4, 0.5) is 5.69 Å². The van der Waals surface area contributed by atoms with Gasteiger partial charge in [-0.05, 0) is 18.6 Å². The van der Waals surface area contributed by atoms with Crippen molar-refractivity contribution in [3.8, 4) is 5.75 Å². The third-order valence-corrected chi connectivity index (χ3v) is 2.96. The van der Waals surface area contributed by atoms with Gasteiger partial charge in [0.15, 0.2) is 0 Å². The van der Waals surface area contributed by atoms with Crippen molar-refractivity contribution in [3.05, 3.63) is 34.4 Å². The number of alkyl halides is 3. The fraction of sp³-hybridized carbons (Fsp3) is 0.417. The highest BCUT2D eigenvalue weighted by molar-refractivity contribution is 6.68. The number of carbonyl (C=O) groups is 1. The zero-order valence-corrected chi connectivity index (χ0v) is 13.3. The van der Waals surface area contributed by atoms with Crippen LogP contribution in [0.5, 0.6) is 5.75 Å². The normalized spacial score (nSPS) is 12.6. The van der Waals surface area contributed by atoms with E-state index in [0.29, 0.717) is 6.42 Å². The number of hydrogen-bond donors (Lipinski definition) is 1. The van der Waals surface area contributed by atoms with Crippen molar-refractivity contribution in [1.82, 2.24) is 5.32 Å². The number of halogens is 3. The van der Waals surface area contributed by atoms with Crippen molar-refractivity contribution in [2.24, 2.45) is 0 Å². The fourth-order valence-electron chi connectivity index (χ4n) is 1.41. The number of amides is 1. The summed E-state index contributed by atoms with van der Waals surface area (Å²) in [5, 5.41) is 13.0. The van der Waals surface area contributed by atoms with E-state index in [2.05, 4.69) is 5.32 Å². The lowest BCUT2D eigenvalue weighted by atomic mass is 10.3. The van der Waals surface area contributed by atoms with Crippen molar-refractivity contribution >= 4 is 46.4 Å². The Balaban J connectivity index is 2.81. The van der Waals surface area contributed by atoms with E-state index >= 15 is 0 Å². The van der Waals surface area contributed by atoms with E-state index < -0.39 is 14.9 Å². The lowest BCUT2D eigenvalue weighted by Crippen LogP contribution is -2.47. The molecule has 0 saturated heterocycles. The molecule has 1 rings (SSSR count). The molecule has 21 heavy (non-hydrogen) atoms. The van der Waals surface area contributed by atoms with Crippen LogP contribution in [0.1, 0.15) is 19.8 Å². The summed E-state index contributed by atoms with van der Waals surface area (Å²) in [7, 11) is 0. The van der Waals surface area contributed by atoms with Crippen LogP contribution < -0.4 is 10.1 Å². The van der Waals surface area contributed by atoms with Crippen molar-refractivity contribution in [3.63, 3.8) is 0 Å². The lowest BCUT2D eigenvalue weighted by molar-refractivity contribution is -0.384. The molecule has 6 nitrogen and oxygen atoms in total. The number of nitro groups is 1. The van der Waals surface area contributed by atoms with Gasteiger partial charge in [-0.2, -0.15) is 0 Å². The van der Waals surface area contributed by atoms with Gasteiger partial charge >= 0.3 is 0 Å².